The van der Waals surface area contributed by atoms with Gasteiger partial charge in [-0.05, 0) is 38.1 Å². The first kappa shape index (κ1) is 29.3. The Morgan fingerprint density at radius 2 is 1.26 bits per heavy atom. The highest BCUT2D eigenvalue weighted by Crippen LogP contribution is 2.33. The maximum Gasteiger partial charge on any atom is 0.397 e. The van der Waals surface area contributed by atoms with E-state index in [0.29, 0.717) is 39.8 Å². The third kappa shape index (κ3) is 7.10. The molecule has 0 bridgehead atoms. The number of rotatable bonds is 9. The lowest BCUT2D eigenvalue weighted by Crippen LogP contribution is -2.51. The standard InChI is InChI=1S/C28H27N5O9/c1-28(2,33-25(35)24(34)31-16-5-7-18(20(9-16)38-3)22-11-29-14-41-22)13-40-27(37)26(36)32-17-6-8-19(21(10-17)39-4)23-12-30-15-42-23/h5-12,14-15H,13H2,1-4H3,(H,31,34)(H,32,36)(H,33,35). The summed E-state index contributed by atoms with van der Waals surface area (Å²) in [7, 11) is 2.89. The second kappa shape index (κ2) is 12.7. The van der Waals surface area contributed by atoms with E-state index in [4.69, 9.17) is 23.0 Å². The summed E-state index contributed by atoms with van der Waals surface area (Å²) in [5, 5.41) is 7.37. The molecule has 0 aliphatic rings. The molecule has 2 aromatic carbocycles. The Morgan fingerprint density at radius 1 is 0.762 bits per heavy atom. The minimum absolute atomic E-state index is 0.270. The molecule has 0 aliphatic carbocycles. The van der Waals surface area contributed by atoms with E-state index in [1.54, 1.807) is 24.3 Å². The lowest BCUT2D eigenvalue weighted by molar-refractivity contribution is -0.154. The number of aromatic nitrogens is 2. The second-order valence-corrected chi connectivity index (χ2v) is 9.38. The van der Waals surface area contributed by atoms with Crippen molar-refractivity contribution in [3.05, 3.63) is 61.6 Å². The van der Waals surface area contributed by atoms with E-state index in [0.717, 1.165) is 0 Å². The van der Waals surface area contributed by atoms with Gasteiger partial charge >= 0.3 is 23.7 Å². The number of amides is 3. The Hall–Kier alpha value is -5.66. The molecule has 218 valence electrons. The smallest absolute Gasteiger partial charge is 0.397 e. The Morgan fingerprint density at radius 3 is 1.71 bits per heavy atom. The predicted octanol–water partition coefficient (Wildman–Crippen LogP) is 3.03. The number of nitrogens with one attached hydrogen (secondary N) is 3. The molecule has 14 nitrogen and oxygen atoms in total. The minimum Gasteiger partial charge on any atom is -0.496 e. The summed E-state index contributed by atoms with van der Waals surface area (Å²) in [6.07, 6.45) is 5.57. The molecule has 2 heterocycles. The maximum atomic E-state index is 12.5. The zero-order valence-electron chi connectivity index (χ0n) is 23.0. The zero-order chi connectivity index (χ0) is 30.3. The van der Waals surface area contributed by atoms with Crippen LogP contribution >= 0.6 is 0 Å². The van der Waals surface area contributed by atoms with E-state index in [2.05, 4.69) is 25.9 Å². The molecule has 0 spiro atoms. The summed E-state index contributed by atoms with van der Waals surface area (Å²) < 4.78 is 26.3. The molecule has 0 aliphatic heterocycles. The number of hydrogen-bond acceptors (Lipinski definition) is 11. The molecule has 0 radical (unpaired) electrons. The number of oxazole rings is 2. The highest BCUT2D eigenvalue weighted by Gasteiger charge is 2.28. The van der Waals surface area contributed by atoms with Crippen LogP contribution in [0.25, 0.3) is 22.6 Å². The summed E-state index contributed by atoms with van der Waals surface area (Å²) in [4.78, 5) is 57.5. The van der Waals surface area contributed by atoms with E-state index >= 15 is 0 Å². The summed E-state index contributed by atoms with van der Waals surface area (Å²) in [6.45, 7) is 2.64. The van der Waals surface area contributed by atoms with Crippen molar-refractivity contribution in [3.8, 4) is 34.1 Å². The molecular weight excluding hydrogens is 550 g/mol. The van der Waals surface area contributed by atoms with Crippen LogP contribution in [0.2, 0.25) is 0 Å². The van der Waals surface area contributed by atoms with Gasteiger partial charge in [0.1, 0.15) is 18.1 Å². The van der Waals surface area contributed by atoms with Crippen molar-refractivity contribution in [2.45, 2.75) is 19.4 Å². The van der Waals surface area contributed by atoms with Gasteiger partial charge in [0.2, 0.25) is 0 Å². The molecule has 0 unspecified atom stereocenters. The van der Waals surface area contributed by atoms with Gasteiger partial charge in [-0.3, -0.25) is 14.4 Å². The van der Waals surface area contributed by atoms with Gasteiger partial charge in [0, 0.05) is 23.5 Å². The van der Waals surface area contributed by atoms with Crippen LogP contribution in [0.15, 0.2) is 70.4 Å². The number of hydrogen-bond donors (Lipinski definition) is 3. The molecule has 4 aromatic rings. The molecule has 0 saturated heterocycles. The number of ether oxygens (including phenoxy) is 3. The van der Waals surface area contributed by atoms with Crippen molar-refractivity contribution in [2.75, 3.05) is 31.5 Å². The topological polar surface area (TPSA) is 184 Å². The summed E-state index contributed by atoms with van der Waals surface area (Å²) >= 11 is 0. The highest BCUT2D eigenvalue weighted by molar-refractivity contribution is 6.40. The maximum absolute atomic E-state index is 12.5. The van der Waals surface area contributed by atoms with Gasteiger partial charge in [-0.2, -0.15) is 0 Å². The summed E-state index contributed by atoms with van der Waals surface area (Å²) in [5.74, 6) is -2.51. The Bertz CT molecular complexity index is 1580. The predicted molar refractivity (Wildman–Crippen MR) is 147 cm³/mol. The van der Waals surface area contributed by atoms with Crippen LogP contribution in [-0.2, 0) is 23.9 Å². The van der Waals surface area contributed by atoms with Crippen LogP contribution in [-0.4, -0.2) is 60.0 Å². The molecule has 3 amide bonds. The fourth-order valence-electron chi connectivity index (χ4n) is 3.72. The lowest BCUT2D eigenvalue weighted by atomic mass is 10.1. The van der Waals surface area contributed by atoms with Gasteiger partial charge in [-0.25, -0.2) is 14.8 Å². The molecule has 0 fully saturated rings. The fourth-order valence-corrected chi connectivity index (χ4v) is 3.72. The molecule has 14 heteroatoms. The average Bonchev–Trinajstić information content (AvgIpc) is 3.71. The van der Waals surface area contributed by atoms with Gasteiger partial charge < -0.3 is 39.0 Å². The Balaban J connectivity index is 1.29. The van der Waals surface area contributed by atoms with Crippen LogP contribution < -0.4 is 25.4 Å². The largest absolute Gasteiger partial charge is 0.496 e. The number of carbonyl (C=O) groups excluding carboxylic acids is 4. The number of benzene rings is 2. The number of esters is 1. The quantitative estimate of drug-likeness (QED) is 0.196. The Labute approximate surface area is 239 Å². The van der Waals surface area contributed by atoms with Crippen LogP contribution in [0, 0.1) is 0 Å². The van der Waals surface area contributed by atoms with E-state index in [1.165, 1.54) is 65.4 Å². The van der Waals surface area contributed by atoms with Crippen molar-refractivity contribution in [2.24, 2.45) is 0 Å². The van der Waals surface area contributed by atoms with Gasteiger partial charge in [0.15, 0.2) is 24.3 Å². The number of anilines is 2. The van der Waals surface area contributed by atoms with Gasteiger partial charge in [-0.1, -0.05) is 0 Å². The van der Waals surface area contributed by atoms with Crippen LogP contribution in [0.5, 0.6) is 11.5 Å². The molecule has 4 rings (SSSR count). The third-order valence-electron chi connectivity index (χ3n) is 5.72. The number of methoxy groups -OCH3 is 2. The van der Waals surface area contributed by atoms with Gasteiger partial charge in [0.05, 0.1) is 43.3 Å². The first-order chi connectivity index (χ1) is 20.1. The zero-order valence-corrected chi connectivity index (χ0v) is 23.0. The van der Waals surface area contributed by atoms with Gasteiger partial charge in [0.25, 0.3) is 0 Å². The van der Waals surface area contributed by atoms with E-state index in [1.807, 2.05) is 0 Å². The molecule has 0 saturated carbocycles. The SMILES string of the molecule is COc1cc(NC(=O)C(=O)NC(C)(C)COC(=O)C(=O)Nc2ccc(-c3cnco3)c(OC)c2)ccc1-c1cnco1. The first-order valence-electron chi connectivity index (χ1n) is 12.4. The van der Waals surface area contributed by atoms with Crippen LogP contribution in [0.4, 0.5) is 11.4 Å². The molecule has 42 heavy (non-hydrogen) atoms. The average molecular weight is 578 g/mol. The van der Waals surface area contributed by atoms with Crippen molar-refractivity contribution in [3.63, 3.8) is 0 Å². The molecule has 0 atom stereocenters. The van der Waals surface area contributed by atoms with Gasteiger partial charge in [-0.15, -0.1) is 0 Å². The van der Waals surface area contributed by atoms with Crippen molar-refractivity contribution >= 4 is 35.1 Å². The third-order valence-corrected chi connectivity index (χ3v) is 5.72. The lowest BCUT2D eigenvalue weighted by Gasteiger charge is -2.25. The first-order valence-corrected chi connectivity index (χ1v) is 12.4. The van der Waals surface area contributed by atoms with Crippen molar-refractivity contribution in [1.82, 2.24) is 15.3 Å². The molecule has 3 N–H and O–H groups in total. The Kier molecular flexibility index (Phi) is 8.85. The van der Waals surface area contributed by atoms with Crippen molar-refractivity contribution < 1.29 is 42.2 Å². The summed E-state index contributed by atoms with van der Waals surface area (Å²) in [6, 6.07) is 9.41. The fraction of sp³-hybridized carbons (Fsp3) is 0.214. The normalized spacial score (nSPS) is 10.9. The van der Waals surface area contributed by atoms with E-state index < -0.39 is 35.8 Å². The van der Waals surface area contributed by atoms with Crippen LogP contribution in [0.3, 0.4) is 0 Å². The second-order valence-electron chi connectivity index (χ2n) is 9.38. The molecular formula is C28H27N5O9. The monoisotopic (exact) mass is 577 g/mol. The van der Waals surface area contributed by atoms with Crippen molar-refractivity contribution in [1.29, 1.82) is 0 Å². The highest BCUT2D eigenvalue weighted by atomic mass is 16.5. The number of carbonyl (C=O) groups is 4. The van der Waals surface area contributed by atoms with E-state index in [9.17, 15) is 19.2 Å². The number of nitrogens with zero attached hydrogens (tertiary/aromatic N) is 2. The van der Waals surface area contributed by atoms with E-state index in [-0.39, 0.29) is 5.69 Å². The minimum atomic E-state index is -1.20. The van der Waals surface area contributed by atoms with Crippen LogP contribution in [0.1, 0.15) is 13.8 Å². The summed E-state index contributed by atoms with van der Waals surface area (Å²) in [5.41, 5.74) is 0.570. The molecule has 2 aromatic heterocycles.